The minimum atomic E-state index is -6.00. The van der Waals surface area contributed by atoms with Crippen LogP contribution in [0.15, 0.2) is 42.6 Å². The van der Waals surface area contributed by atoms with Crippen molar-refractivity contribution >= 4 is 18.2 Å². The van der Waals surface area contributed by atoms with Gasteiger partial charge in [-0.05, 0) is 12.1 Å². The molecule has 0 amide bonds. The minimum Gasteiger partial charge on any atom is -0.418 e. The van der Waals surface area contributed by atoms with E-state index >= 15 is 0 Å². The van der Waals surface area contributed by atoms with Crippen LogP contribution in [0.2, 0.25) is 0 Å². The highest BCUT2D eigenvalue weighted by molar-refractivity contribution is 6.50. The van der Waals surface area contributed by atoms with Crippen molar-refractivity contribution in [1.82, 2.24) is 0 Å². The van der Waals surface area contributed by atoms with Crippen LogP contribution in [-0.2, 0) is 6.54 Å². The van der Waals surface area contributed by atoms with Crippen molar-refractivity contribution in [1.29, 1.82) is 0 Å². The maximum absolute atomic E-state index is 9.75. The lowest BCUT2D eigenvalue weighted by atomic mass is 10.2. The van der Waals surface area contributed by atoms with E-state index in [1.165, 1.54) is 23.7 Å². The van der Waals surface area contributed by atoms with E-state index in [2.05, 4.69) is 54.1 Å². The van der Waals surface area contributed by atoms with E-state index in [1.807, 2.05) is 0 Å². The molecule has 0 saturated carbocycles. The van der Waals surface area contributed by atoms with Crippen LogP contribution < -0.4 is 4.57 Å². The molecule has 0 atom stereocenters. The smallest absolute Gasteiger partial charge is 0.418 e. The molecule has 1 aromatic heterocycles. The van der Waals surface area contributed by atoms with E-state index in [4.69, 9.17) is 0 Å². The zero-order chi connectivity index (χ0) is 14.3. The van der Waals surface area contributed by atoms with Crippen molar-refractivity contribution < 1.29 is 23.3 Å². The number of aryl methyl sites for hydroxylation is 1. The molecule has 0 bridgehead atoms. The van der Waals surface area contributed by atoms with E-state index in [0.29, 0.717) is 0 Å². The van der Waals surface area contributed by atoms with Crippen LogP contribution in [0.5, 0.6) is 0 Å². The van der Waals surface area contributed by atoms with Crippen LogP contribution in [-0.4, -0.2) is 7.25 Å². The predicted molar refractivity (Wildman–Crippen MR) is 70.3 cm³/mol. The molecule has 104 valence electrons. The molecule has 1 nitrogen and oxygen atoms in total. The fourth-order valence-corrected chi connectivity index (χ4v) is 1.74. The standard InChI is InChI=1S/C13H16N.BF4/c1-2-3-10-14-11-6-8-12-7-4-5-9-13(12)14;2-1(3,4)5/h4-9,11H,2-3,10H2,1H3;/q+1;-1/p+1. The number of halogens is 4. The number of hydrogen-bond donors (Lipinski definition) is 0. The maximum Gasteiger partial charge on any atom is 1.00 e. The van der Waals surface area contributed by atoms with Crippen molar-refractivity contribution in [2.24, 2.45) is 0 Å². The van der Waals surface area contributed by atoms with Crippen LogP contribution >= 0.6 is 0 Å². The van der Waals surface area contributed by atoms with Gasteiger partial charge in [0.2, 0.25) is 5.52 Å². The monoisotopic (exact) mass is 274 g/mol. The first-order chi connectivity index (χ1) is 8.92. The summed E-state index contributed by atoms with van der Waals surface area (Å²) in [7, 11) is -6.00. The third-order valence-electron chi connectivity index (χ3n) is 2.54. The number of aromatic nitrogens is 1. The first-order valence-electron chi connectivity index (χ1n) is 6.16. The molecule has 1 aromatic carbocycles. The Kier molecular flexibility index (Phi) is 5.79. The predicted octanol–water partition coefficient (Wildman–Crippen LogP) is 4.34. The summed E-state index contributed by atoms with van der Waals surface area (Å²) in [6, 6.07) is 12.8. The minimum absolute atomic E-state index is 0. The molecule has 0 aliphatic rings. The van der Waals surface area contributed by atoms with Crippen molar-refractivity contribution in [2.75, 3.05) is 0 Å². The second-order valence-electron chi connectivity index (χ2n) is 4.11. The van der Waals surface area contributed by atoms with Gasteiger partial charge < -0.3 is 17.3 Å². The van der Waals surface area contributed by atoms with E-state index in [-0.39, 0.29) is 1.43 Å². The Balaban J connectivity index is 0.000000526. The first-order valence-corrected chi connectivity index (χ1v) is 6.16. The average molecular weight is 274 g/mol. The normalized spacial score (nSPS) is 11.0. The number of unbranched alkanes of at least 4 members (excludes halogenated alkanes) is 1. The SMILES string of the molecule is CCCC[n+]1cccc2ccccc21.F[B-](F)(F)F.[H+]. The zero-order valence-corrected chi connectivity index (χ0v) is 10.7. The van der Waals surface area contributed by atoms with Gasteiger partial charge in [0.1, 0.15) is 6.54 Å². The van der Waals surface area contributed by atoms with Crippen molar-refractivity contribution in [3.63, 3.8) is 0 Å². The van der Waals surface area contributed by atoms with E-state index in [1.54, 1.807) is 0 Å². The Morgan fingerprint density at radius 3 is 2.26 bits per heavy atom. The van der Waals surface area contributed by atoms with E-state index in [0.717, 1.165) is 6.54 Å². The summed E-state index contributed by atoms with van der Waals surface area (Å²) in [4.78, 5) is 0. The van der Waals surface area contributed by atoms with Crippen LogP contribution in [0, 0.1) is 0 Å². The average Bonchev–Trinajstić information content (AvgIpc) is 2.34. The molecular formula is C13H17BF4N+. The fraction of sp³-hybridized carbons (Fsp3) is 0.308. The lowest BCUT2D eigenvalue weighted by Gasteiger charge is -1.99. The molecule has 6 heteroatoms. The Morgan fingerprint density at radius 1 is 1.05 bits per heavy atom. The maximum atomic E-state index is 9.75. The topological polar surface area (TPSA) is 3.88 Å². The third-order valence-corrected chi connectivity index (χ3v) is 2.54. The first kappa shape index (κ1) is 15.5. The highest BCUT2D eigenvalue weighted by atomic mass is 19.5. The molecule has 1 heterocycles. The van der Waals surface area contributed by atoms with Crippen molar-refractivity contribution in [3.05, 3.63) is 42.6 Å². The second-order valence-corrected chi connectivity index (χ2v) is 4.11. The molecule has 0 radical (unpaired) electrons. The largest absolute Gasteiger partial charge is 1.00 e. The van der Waals surface area contributed by atoms with Gasteiger partial charge in [0.15, 0.2) is 6.20 Å². The number of pyridine rings is 1. The number of fused-ring (bicyclic) bond motifs is 1. The highest BCUT2D eigenvalue weighted by Crippen LogP contribution is 2.08. The van der Waals surface area contributed by atoms with Crippen LogP contribution in [0.3, 0.4) is 0 Å². The molecule has 0 fully saturated rings. The molecule has 0 aliphatic heterocycles. The van der Waals surface area contributed by atoms with Gasteiger partial charge in [0.25, 0.3) is 0 Å². The zero-order valence-electron chi connectivity index (χ0n) is 11.7. The van der Waals surface area contributed by atoms with Gasteiger partial charge in [-0.15, -0.1) is 0 Å². The van der Waals surface area contributed by atoms with Gasteiger partial charge in [0.05, 0.1) is 0 Å². The van der Waals surface area contributed by atoms with Crippen LogP contribution in [0.4, 0.5) is 17.3 Å². The molecule has 19 heavy (non-hydrogen) atoms. The number of hydrogen-bond acceptors (Lipinski definition) is 0. The van der Waals surface area contributed by atoms with E-state index in [9.17, 15) is 17.3 Å². The molecule has 0 aliphatic carbocycles. The van der Waals surface area contributed by atoms with Crippen molar-refractivity contribution in [2.45, 2.75) is 26.3 Å². The Hall–Kier alpha value is -1.59. The molecule has 2 rings (SSSR count). The summed E-state index contributed by atoms with van der Waals surface area (Å²) in [6.45, 7) is 3.35. The van der Waals surface area contributed by atoms with Gasteiger partial charge in [-0.2, -0.15) is 4.57 Å². The Morgan fingerprint density at radius 2 is 1.63 bits per heavy atom. The van der Waals surface area contributed by atoms with Gasteiger partial charge in [-0.25, -0.2) is 0 Å². The molecule has 0 saturated heterocycles. The molecule has 0 unspecified atom stereocenters. The summed E-state index contributed by atoms with van der Waals surface area (Å²) < 4.78 is 41.3. The van der Waals surface area contributed by atoms with Gasteiger partial charge in [-0.3, -0.25) is 0 Å². The molecule has 0 spiro atoms. The summed E-state index contributed by atoms with van der Waals surface area (Å²) in [5.74, 6) is 0. The van der Waals surface area contributed by atoms with E-state index < -0.39 is 7.25 Å². The molecular weight excluding hydrogens is 257 g/mol. The molecule has 2 aromatic rings. The lowest BCUT2D eigenvalue weighted by Crippen LogP contribution is -2.33. The summed E-state index contributed by atoms with van der Waals surface area (Å²) in [5, 5.41) is 1.33. The highest BCUT2D eigenvalue weighted by Gasteiger charge is 2.20. The number of nitrogens with zero attached hydrogens (tertiary/aromatic N) is 1. The fourth-order valence-electron chi connectivity index (χ4n) is 1.74. The summed E-state index contributed by atoms with van der Waals surface area (Å²) in [6.07, 6.45) is 4.66. The summed E-state index contributed by atoms with van der Waals surface area (Å²) in [5.41, 5.74) is 1.34. The van der Waals surface area contributed by atoms with Gasteiger partial charge in [0, 0.05) is 23.9 Å². The second kappa shape index (κ2) is 7.11. The van der Waals surface area contributed by atoms with Crippen molar-refractivity contribution in [3.8, 4) is 0 Å². The number of benzene rings is 1. The third kappa shape index (κ3) is 6.22. The number of rotatable bonds is 3. The Labute approximate surface area is 111 Å². The van der Waals surface area contributed by atoms with Gasteiger partial charge >= 0.3 is 8.68 Å². The van der Waals surface area contributed by atoms with Gasteiger partial charge in [-0.1, -0.05) is 25.5 Å². The lowest BCUT2D eigenvalue weighted by molar-refractivity contribution is -0.671. The number of para-hydroxylation sites is 1. The summed E-state index contributed by atoms with van der Waals surface area (Å²) >= 11 is 0. The van der Waals surface area contributed by atoms with Crippen LogP contribution in [0.25, 0.3) is 10.9 Å². The Bertz CT molecular complexity index is 508. The quantitative estimate of drug-likeness (QED) is 0.445. The molecule has 0 N–H and O–H groups in total. The van der Waals surface area contributed by atoms with Crippen LogP contribution in [0.1, 0.15) is 21.2 Å².